The minimum atomic E-state index is -0.511. The van der Waals surface area contributed by atoms with Gasteiger partial charge in [0.25, 0.3) is 0 Å². The summed E-state index contributed by atoms with van der Waals surface area (Å²) in [7, 11) is 0. The molecule has 0 saturated carbocycles. The Balaban J connectivity index is 1.68. The Kier molecular flexibility index (Phi) is 5.20. The van der Waals surface area contributed by atoms with Crippen LogP contribution in [0.15, 0.2) is 65.1 Å². The van der Waals surface area contributed by atoms with Crippen LogP contribution in [-0.4, -0.2) is 15.1 Å². The standard InChI is InChI=1S/C22H16ClN3O4/c1-13-10-17(11-14(2)20(13)23)29-19-9-8-16(12-18(19)26(27)28)22-25-24-21(30-22)15-6-4-3-5-7-15/h3-12H,1-2H3. The van der Waals surface area contributed by atoms with Gasteiger partial charge in [0.05, 0.1) is 4.92 Å². The van der Waals surface area contributed by atoms with Gasteiger partial charge in [-0.25, -0.2) is 0 Å². The van der Waals surface area contributed by atoms with Crippen molar-refractivity contribution in [3.8, 4) is 34.4 Å². The first-order valence-electron chi connectivity index (χ1n) is 9.04. The highest BCUT2D eigenvalue weighted by molar-refractivity contribution is 6.32. The Hall–Kier alpha value is -3.71. The Bertz CT molecular complexity index is 1220. The van der Waals surface area contributed by atoms with Crippen LogP contribution in [0.3, 0.4) is 0 Å². The van der Waals surface area contributed by atoms with E-state index in [9.17, 15) is 10.1 Å². The van der Waals surface area contributed by atoms with E-state index >= 15 is 0 Å². The molecule has 0 aliphatic heterocycles. The number of hydrogen-bond donors (Lipinski definition) is 0. The third kappa shape index (κ3) is 3.88. The van der Waals surface area contributed by atoms with Gasteiger partial charge in [-0.1, -0.05) is 29.8 Å². The SMILES string of the molecule is Cc1cc(Oc2ccc(-c3nnc(-c4ccccc4)o3)cc2[N+](=O)[O-])cc(C)c1Cl. The Morgan fingerprint density at radius 1 is 0.933 bits per heavy atom. The van der Waals surface area contributed by atoms with Crippen LogP contribution >= 0.6 is 11.6 Å². The molecule has 0 aliphatic carbocycles. The van der Waals surface area contributed by atoms with Gasteiger partial charge in [-0.2, -0.15) is 0 Å². The quantitative estimate of drug-likeness (QED) is 0.274. The molecule has 0 amide bonds. The fourth-order valence-corrected chi connectivity index (χ4v) is 3.12. The van der Waals surface area contributed by atoms with Crippen LogP contribution in [0.25, 0.3) is 22.9 Å². The zero-order valence-corrected chi connectivity index (χ0v) is 16.9. The average molecular weight is 422 g/mol. The molecule has 0 bridgehead atoms. The smallest absolute Gasteiger partial charge is 0.312 e. The predicted molar refractivity (Wildman–Crippen MR) is 113 cm³/mol. The van der Waals surface area contributed by atoms with Gasteiger partial charge in [-0.05, 0) is 61.4 Å². The van der Waals surface area contributed by atoms with Crippen molar-refractivity contribution in [2.75, 3.05) is 0 Å². The second kappa shape index (κ2) is 7.96. The van der Waals surface area contributed by atoms with E-state index in [1.165, 1.54) is 12.1 Å². The molecule has 0 N–H and O–H groups in total. The molecule has 0 saturated heterocycles. The molecule has 1 heterocycles. The number of rotatable bonds is 5. The number of halogens is 1. The van der Waals surface area contributed by atoms with Gasteiger partial charge < -0.3 is 9.15 Å². The zero-order chi connectivity index (χ0) is 21.3. The van der Waals surface area contributed by atoms with Crippen LogP contribution in [0.1, 0.15) is 11.1 Å². The van der Waals surface area contributed by atoms with Gasteiger partial charge in [-0.3, -0.25) is 10.1 Å². The van der Waals surface area contributed by atoms with Crippen LogP contribution in [0.5, 0.6) is 11.5 Å². The summed E-state index contributed by atoms with van der Waals surface area (Å²) in [6.07, 6.45) is 0. The molecule has 3 aromatic carbocycles. The molecule has 0 spiro atoms. The lowest BCUT2D eigenvalue weighted by molar-refractivity contribution is -0.385. The molecule has 0 unspecified atom stereocenters. The molecule has 4 aromatic rings. The highest BCUT2D eigenvalue weighted by Crippen LogP contribution is 2.37. The molecule has 0 aliphatic rings. The van der Waals surface area contributed by atoms with Crippen molar-refractivity contribution in [2.45, 2.75) is 13.8 Å². The molecular formula is C22H16ClN3O4. The second-order valence-electron chi connectivity index (χ2n) is 6.69. The first-order valence-corrected chi connectivity index (χ1v) is 9.42. The van der Waals surface area contributed by atoms with Crippen LogP contribution in [-0.2, 0) is 0 Å². The van der Waals surface area contributed by atoms with E-state index in [1.807, 2.05) is 44.2 Å². The normalized spacial score (nSPS) is 10.8. The van der Waals surface area contributed by atoms with E-state index in [2.05, 4.69) is 10.2 Å². The largest absolute Gasteiger partial charge is 0.450 e. The number of nitro groups is 1. The second-order valence-corrected chi connectivity index (χ2v) is 7.07. The maximum Gasteiger partial charge on any atom is 0.312 e. The summed E-state index contributed by atoms with van der Waals surface area (Å²) in [5, 5.41) is 20.3. The maximum atomic E-state index is 11.6. The Morgan fingerprint density at radius 2 is 1.57 bits per heavy atom. The van der Waals surface area contributed by atoms with E-state index in [-0.39, 0.29) is 17.3 Å². The summed E-state index contributed by atoms with van der Waals surface area (Å²) in [6, 6.07) is 17.2. The molecule has 7 nitrogen and oxygen atoms in total. The van der Waals surface area contributed by atoms with Crippen molar-refractivity contribution in [2.24, 2.45) is 0 Å². The van der Waals surface area contributed by atoms with Crippen LogP contribution in [0, 0.1) is 24.0 Å². The van der Waals surface area contributed by atoms with Gasteiger partial charge in [0.15, 0.2) is 0 Å². The number of aryl methyl sites for hydroxylation is 2. The number of aromatic nitrogens is 2. The average Bonchev–Trinajstić information content (AvgIpc) is 3.23. The van der Waals surface area contributed by atoms with Gasteiger partial charge in [-0.15, -0.1) is 10.2 Å². The molecule has 150 valence electrons. The van der Waals surface area contributed by atoms with E-state index < -0.39 is 4.92 Å². The lowest BCUT2D eigenvalue weighted by Gasteiger charge is -2.10. The lowest BCUT2D eigenvalue weighted by Crippen LogP contribution is -1.95. The van der Waals surface area contributed by atoms with E-state index in [0.29, 0.717) is 22.2 Å². The van der Waals surface area contributed by atoms with Crippen molar-refractivity contribution >= 4 is 17.3 Å². The number of ether oxygens (including phenoxy) is 1. The fourth-order valence-electron chi connectivity index (χ4n) is 3.01. The first-order chi connectivity index (χ1) is 14.4. The first kappa shape index (κ1) is 19.6. The number of nitro benzene ring substituents is 1. The van der Waals surface area contributed by atoms with E-state index in [4.69, 9.17) is 20.8 Å². The third-order valence-electron chi connectivity index (χ3n) is 4.49. The van der Waals surface area contributed by atoms with Gasteiger partial charge in [0, 0.05) is 22.2 Å². The van der Waals surface area contributed by atoms with E-state index in [0.717, 1.165) is 16.7 Å². The monoisotopic (exact) mass is 421 g/mol. The summed E-state index contributed by atoms with van der Waals surface area (Å²) < 4.78 is 11.5. The minimum Gasteiger partial charge on any atom is -0.450 e. The number of hydrogen-bond acceptors (Lipinski definition) is 6. The lowest BCUT2D eigenvalue weighted by atomic mass is 10.1. The molecule has 30 heavy (non-hydrogen) atoms. The molecule has 4 rings (SSSR count). The molecule has 0 radical (unpaired) electrons. The van der Waals surface area contributed by atoms with Crippen LogP contribution < -0.4 is 4.74 Å². The Morgan fingerprint density at radius 3 is 2.20 bits per heavy atom. The van der Waals surface area contributed by atoms with Crippen LogP contribution in [0.2, 0.25) is 5.02 Å². The highest BCUT2D eigenvalue weighted by atomic mass is 35.5. The van der Waals surface area contributed by atoms with Crippen molar-refractivity contribution in [3.05, 3.63) is 86.9 Å². The van der Waals surface area contributed by atoms with Crippen molar-refractivity contribution in [3.63, 3.8) is 0 Å². The van der Waals surface area contributed by atoms with Gasteiger partial charge >= 0.3 is 5.69 Å². The summed E-state index contributed by atoms with van der Waals surface area (Å²) in [6.45, 7) is 3.69. The highest BCUT2D eigenvalue weighted by Gasteiger charge is 2.20. The van der Waals surface area contributed by atoms with Crippen molar-refractivity contribution in [1.29, 1.82) is 0 Å². The Labute approximate surface area is 177 Å². The summed E-state index contributed by atoms with van der Waals surface area (Å²) in [5.41, 5.74) is 2.62. The van der Waals surface area contributed by atoms with Gasteiger partial charge in [0.2, 0.25) is 17.5 Å². The fraction of sp³-hybridized carbons (Fsp3) is 0.0909. The molecule has 1 aromatic heterocycles. The molecular weight excluding hydrogens is 406 g/mol. The van der Waals surface area contributed by atoms with E-state index in [1.54, 1.807) is 18.2 Å². The summed E-state index contributed by atoms with van der Waals surface area (Å²) in [5.74, 6) is 1.09. The molecule has 0 atom stereocenters. The topological polar surface area (TPSA) is 91.3 Å². The maximum absolute atomic E-state index is 11.6. The summed E-state index contributed by atoms with van der Waals surface area (Å²) in [4.78, 5) is 11.1. The number of nitrogens with zero attached hydrogens (tertiary/aromatic N) is 3. The van der Waals surface area contributed by atoms with Crippen molar-refractivity contribution < 1.29 is 14.1 Å². The third-order valence-corrected chi connectivity index (χ3v) is 5.08. The number of benzene rings is 3. The molecule has 0 fully saturated rings. The van der Waals surface area contributed by atoms with Crippen LogP contribution in [0.4, 0.5) is 5.69 Å². The minimum absolute atomic E-state index is 0.104. The molecule has 8 heteroatoms. The zero-order valence-electron chi connectivity index (χ0n) is 16.1. The summed E-state index contributed by atoms with van der Waals surface area (Å²) >= 11 is 6.18. The van der Waals surface area contributed by atoms with Gasteiger partial charge in [0.1, 0.15) is 5.75 Å². The van der Waals surface area contributed by atoms with Crippen molar-refractivity contribution in [1.82, 2.24) is 10.2 Å². The predicted octanol–water partition coefficient (Wildman–Crippen LogP) is 6.37.